The van der Waals surface area contributed by atoms with Crippen LogP contribution < -0.4 is 10.2 Å². The van der Waals surface area contributed by atoms with E-state index in [9.17, 15) is 0 Å². The van der Waals surface area contributed by atoms with Crippen molar-refractivity contribution < 1.29 is 0 Å². The number of anilines is 2. The van der Waals surface area contributed by atoms with Crippen molar-refractivity contribution in [1.82, 2.24) is 19.9 Å². The van der Waals surface area contributed by atoms with E-state index in [0.29, 0.717) is 5.02 Å². The monoisotopic (exact) mass is 456 g/mol. The molecule has 0 saturated carbocycles. The second-order valence-electron chi connectivity index (χ2n) is 8.32. The molecule has 1 N–H and O–H groups in total. The predicted octanol–water partition coefficient (Wildman–Crippen LogP) is 5.18. The first kappa shape index (κ1) is 21.4. The predicted molar refractivity (Wildman–Crippen MR) is 137 cm³/mol. The van der Waals surface area contributed by atoms with Crippen LogP contribution in [-0.4, -0.2) is 53.1 Å². The summed E-state index contributed by atoms with van der Waals surface area (Å²) in [6, 6.07) is 14.2. The zero-order valence-electron chi connectivity index (χ0n) is 18.5. The first-order valence-electron chi connectivity index (χ1n) is 10.9. The van der Waals surface area contributed by atoms with Crippen LogP contribution in [0.25, 0.3) is 27.6 Å². The van der Waals surface area contributed by atoms with Crippen molar-refractivity contribution >= 4 is 39.7 Å². The molecule has 33 heavy (non-hydrogen) atoms. The molecular formula is C26H25ClN6. The highest BCUT2D eigenvalue weighted by Gasteiger charge is 2.16. The number of likely N-dealkylation sites (N-methyl/N-ethyl adjacent to an activating group) is 1. The summed E-state index contributed by atoms with van der Waals surface area (Å²) in [6.45, 7) is 8.28. The Bertz CT molecular complexity index is 1310. The van der Waals surface area contributed by atoms with Gasteiger partial charge in [0, 0.05) is 73.2 Å². The third-order valence-corrected chi connectivity index (χ3v) is 6.17. The lowest BCUT2D eigenvalue weighted by atomic mass is 10.0. The highest BCUT2D eigenvalue weighted by Crippen LogP contribution is 2.27. The third-order valence-electron chi connectivity index (χ3n) is 5.96. The molecule has 1 aromatic carbocycles. The van der Waals surface area contributed by atoms with Crippen molar-refractivity contribution in [2.75, 3.05) is 43.4 Å². The molecular weight excluding hydrogens is 432 g/mol. The summed E-state index contributed by atoms with van der Waals surface area (Å²) in [4.78, 5) is 18.0. The molecule has 1 aliphatic rings. The Kier molecular flexibility index (Phi) is 5.94. The van der Waals surface area contributed by atoms with Crippen molar-refractivity contribution in [2.24, 2.45) is 0 Å². The van der Waals surface area contributed by atoms with Crippen LogP contribution in [0, 0.1) is 0 Å². The van der Waals surface area contributed by atoms with Gasteiger partial charge in [-0.05, 0) is 48.3 Å². The number of nitrogens with zero attached hydrogens (tertiary/aromatic N) is 5. The number of hydrogen-bond acceptors (Lipinski definition) is 6. The van der Waals surface area contributed by atoms with Crippen LogP contribution in [0.1, 0.15) is 5.56 Å². The van der Waals surface area contributed by atoms with Gasteiger partial charge in [0.05, 0.1) is 5.02 Å². The Labute approximate surface area is 198 Å². The molecule has 7 heteroatoms. The lowest BCUT2D eigenvalue weighted by Gasteiger charge is -2.33. The summed E-state index contributed by atoms with van der Waals surface area (Å²) < 4.78 is 0. The van der Waals surface area contributed by atoms with E-state index in [1.807, 2.05) is 36.8 Å². The molecule has 0 unspecified atom stereocenters. The van der Waals surface area contributed by atoms with E-state index in [2.05, 4.69) is 68.0 Å². The van der Waals surface area contributed by atoms with Crippen LogP contribution in [0.2, 0.25) is 5.02 Å². The fourth-order valence-corrected chi connectivity index (χ4v) is 4.17. The van der Waals surface area contributed by atoms with E-state index in [0.717, 1.165) is 71.0 Å². The van der Waals surface area contributed by atoms with Crippen molar-refractivity contribution in [2.45, 2.75) is 0 Å². The van der Waals surface area contributed by atoms with Crippen LogP contribution in [0.5, 0.6) is 0 Å². The molecule has 0 aliphatic carbocycles. The van der Waals surface area contributed by atoms with Crippen LogP contribution in [0.4, 0.5) is 11.6 Å². The maximum absolute atomic E-state index is 6.12. The van der Waals surface area contributed by atoms with E-state index in [-0.39, 0.29) is 0 Å². The first-order chi connectivity index (χ1) is 16.0. The molecule has 0 bridgehead atoms. The fourth-order valence-electron chi connectivity index (χ4n) is 4.00. The third kappa shape index (κ3) is 4.82. The van der Waals surface area contributed by atoms with E-state index >= 15 is 0 Å². The molecule has 5 rings (SSSR count). The van der Waals surface area contributed by atoms with Gasteiger partial charge in [0.1, 0.15) is 11.6 Å². The van der Waals surface area contributed by atoms with Gasteiger partial charge in [-0.3, -0.25) is 4.98 Å². The minimum Gasteiger partial charge on any atom is -0.354 e. The van der Waals surface area contributed by atoms with Gasteiger partial charge in [-0.2, -0.15) is 0 Å². The number of nitrogens with one attached hydrogen (secondary N) is 1. The normalized spacial score (nSPS) is 14.4. The maximum Gasteiger partial charge on any atom is 0.130 e. The molecule has 6 nitrogen and oxygen atoms in total. The smallest absolute Gasteiger partial charge is 0.130 e. The molecule has 0 spiro atoms. The van der Waals surface area contributed by atoms with Crippen molar-refractivity contribution in [3.05, 3.63) is 84.4 Å². The average Bonchev–Trinajstić information content (AvgIpc) is 2.84. The average molecular weight is 457 g/mol. The zero-order chi connectivity index (χ0) is 22.8. The Balaban J connectivity index is 1.36. The fraction of sp³-hybridized carbons (Fsp3) is 0.192. The van der Waals surface area contributed by atoms with E-state index in [1.54, 1.807) is 6.20 Å². The number of hydrogen-bond donors (Lipinski definition) is 1. The van der Waals surface area contributed by atoms with Crippen LogP contribution in [0.3, 0.4) is 0 Å². The molecule has 1 fully saturated rings. The summed E-state index contributed by atoms with van der Waals surface area (Å²) in [5, 5.41) is 6.12. The van der Waals surface area contributed by atoms with Crippen LogP contribution in [0.15, 0.2) is 73.8 Å². The number of halogens is 1. The van der Waals surface area contributed by atoms with Gasteiger partial charge < -0.3 is 15.1 Å². The molecule has 3 aromatic heterocycles. The highest BCUT2D eigenvalue weighted by molar-refractivity contribution is 6.30. The second kappa shape index (κ2) is 9.17. The summed E-state index contributed by atoms with van der Waals surface area (Å²) >= 11 is 6.12. The molecule has 0 atom stereocenters. The van der Waals surface area contributed by atoms with Gasteiger partial charge in [-0.15, -0.1) is 0 Å². The van der Waals surface area contributed by atoms with Gasteiger partial charge in [-0.1, -0.05) is 30.3 Å². The molecule has 166 valence electrons. The van der Waals surface area contributed by atoms with E-state index in [1.165, 1.54) is 0 Å². The summed E-state index contributed by atoms with van der Waals surface area (Å²) in [5.41, 5.74) is 3.82. The Morgan fingerprint density at radius 1 is 0.909 bits per heavy atom. The Hall–Kier alpha value is -3.48. The summed E-state index contributed by atoms with van der Waals surface area (Å²) in [5.74, 6) is 1.72. The molecule has 4 heterocycles. The van der Waals surface area contributed by atoms with E-state index in [4.69, 9.17) is 11.6 Å². The lowest BCUT2D eigenvalue weighted by Crippen LogP contribution is -2.44. The second-order valence-corrected chi connectivity index (χ2v) is 8.76. The first-order valence-corrected chi connectivity index (χ1v) is 11.3. The lowest BCUT2D eigenvalue weighted by molar-refractivity contribution is 0.312. The van der Waals surface area contributed by atoms with Crippen LogP contribution in [-0.2, 0) is 0 Å². The van der Waals surface area contributed by atoms with Crippen molar-refractivity contribution in [3.63, 3.8) is 0 Å². The van der Waals surface area contributed by atoms with Gasteiger partial charge in [-0.25, -0.2) is 9.97 Å². The minimum atomic E-state index is 0.620. The van der Waals surface area contributed by atoms with Crippen LogP contribution >= 0.6 is 11.6 Å². The topological polar surface area (TPSA) is 57.2 Å². The van der Waals surface area contributed by atoms with Gasteiger partial charge in [0.25, 0.3) is 0 Å². The van der Waals surface area contributed by atoms with Crippen molar-refractivity contribution in [1.29, 1.82) is 0 Å². The molecule has 4 aromatic rings. The Morgan fingerprint density at radius 2 is 1.76 bits per heavy atom. The maximum atomic E-state index is 6.12. The highest BCUT2D eigenvalue weighted by atomic mass is 35.5. The quantitative estimate of drug-likeness (QED) is 0.446. The minimum absolute atomic E-state index is 0.620. The zero-order valence-corrected chi connectivity index (χ0v) is 19.3. The SMILES string of the molecule is C=C(Nc1cc2cc(-c3cncc(Cl)c3)ccc2cn1)c1ccnc(N2CCN(C)CC2)c1. The standard InChI is InChI=1S/C26H25ClN6/c1-18(19-5-6-29-26(14-19)33-9-7-32(2)8-10-33)31-25-13-22-11-20(3-4-21(22)16-30-25)23-12-24(27)17-28-15-23/h3-6,11-17H,1,7-10H2,2H3,(H,30,31). The number of pyridine rings is 3. The summed E-state index contributed by atoms with van der Waals surface area (Å²) in [6.07, 6.45) is 7.16. The molecule has 0 radical (unpaired) electrons. The molecule has 1 saturated heterocycles. The van der Waals surface area contributed by atoms with E-state index < -0.39 is 0 Å². The number of rotatable bonds is 5. The summed E-state index contributed by atoms with van der Waals surface area (Å²) in [7, 11) is 2.15. The largest absolute Gasteiger partial charge is 0.354 e. The molecule has 1 aliphatic heterocycles. The Morgan fingerprint density at radius 3 is 2.58 bits per heavy atom. The molecule has 0 amide bonds. The van der Waals surface area contributed by atoms with Gasteiger partial charge in [0.15, 0.2) is 0 Å². The number of aromatic nitrogens is 3. The van der Waals surface area contributed by atoms with Gasteiger partial charge >= 0.3 is 0 Å². The number of benzene rings is 1. The number of fused-ring (bicyclic) bond motifs is 1. The van der Waals surface area contributed by atoms with Gasteiger partial charge in [0.2, 0.25) is 0 Å². The van der Waals surface area contributed by atoms with Crippen molar-refractivity contribution in [3.8, 4) is 11.1 Å². The number of piperazine rings is 1.